The second kappa shape index (κ2) is 6.67. The smallest absolute Gasteiger partial charge is 0.315 e. The van der Waals surface area contributed by atoms with Gasteiger partial charge in [-0.3, -0.25) is 0 Å². The van der Waals surface area contributed by atoms with Gasteiger partial charge in [-0.05, 0) is 19.3 Å². The fraction of sp³-hybridized carbons (Fsp3) is 0.909. The molecule has 4 N–H and O–H groups in total. The van der Waals surface area contributed by atoms with Gasteiger partial charge < -0.3 is 16.4 Å². The van der Waals surface area contributed by atoms with Crippen LogP contribution >= 0.6 is 0 Å². The molecule has 0 radical (unpaired) electrons. The first-order chi connectivity index (χ1) is 7.24. The van der Waals surface area contributed by atoms with Crippen LogP contribution in [-0.4, -0.2) is 24.7 Å². The number of amides is 2. The van der Waals surface area contributed by atoms with Gasteiger partial charge in [-0.25, -0.2) is 4.79 Å². The van der Waals surface area contributed by atoms with Crippen LogP contribution in [0.25, 0.3) is 0 Å². The molecule has 1 fully saturated rings. The SMILES string of the molecule is CCCCNC(=O)N[C@@H]1CCCC[C@H]1N. The Morgan fingerprint density at radius 2 is 2.13 bits per heavy atom. The predicted molar refractivity (Wildman–Crippen MR) is 61.7 cm³/mol. The largest absolute Gasteiger partial charge is 0.338 e. The zero-order valence-corrected chi connectivity index (χ0v) is 9.59. The van der Waals surface area contributed by atoms with Crippen LogP contribution in [0.5, 0.6) is 0 Å². The van der Waals surface area contributed by atoms with E-state index in [1.165, 1.54) is 12.8 Å². The summed E-state index contributed by atoms with van der Waals surface area (Å²) < 4.78 is 0. The van der Waals surface area contributed by atoms with Gasteiger partial charge in [-0.1, -0.05) is 26.2 Å². The minimum Gasteiger partial charge on any atom is -0.338 e. The second-order valence-corrected chi connectivity index (χ2v) is 4.31. The third-order valence-corrected chi connectivity index (χ3v) is 2.95. The van der Waals surface area contributed by atoms with E-state index in [4.69, 9.17) is 5.73 Å². The lowest BCUT2D eigenvalue weighted by Crippen LogP contribution is -2.52. The molecule has 0 aliphatic heterocycles. The molecule has 2 amide bonds. The monoisotopic (exact) mass is 213 g/mol. The molecule has 0 spiro atoms. The third-order valence-electron chi connectivity index (χ3n) is 2.95. The number of hydrogen-bond donors (Lipinski definition) is 3. The number of nitrogens with two attached hydrogens (primary N) is 1. The molecule has 0 aromatic carbocycles. The van der Waals surface area contributed by atoms with E-state index in [0.717, 1.165) is 32.2 Å². The molecular formula is C11H23N3O. The van der Waals surface area contributed by atoms with E-state index in [9.17, 15) is 4.79 Å². The molecule has 1 aliphatic carbocycles. The van der Waals surface area contributed by atoms with Crippen molar-refractivity contribution in [3.05, 3.63) is 0 Å². The Morgan fingerprint density at radius 3 is 2.80 bits per heavy atom. The summed E-state index contributed by atoms with van der Waals surface area (Å²) >= 11 is 0. The summed E-state index contributed by atoms with van der Waals surface area (Å²) in [6.07, 6.45) is 6.54. The Bertz CT molecular complexity index is 196. The van der Waals surface area contributed by atoms with Gasteiger partial charge in [0.1, 0.15) is 0 Å². The van der Waals surface area contributed by atoms with Crippen LogP contribution in [0.15, 0.2) is 0 Å². The topological polar surface area (TPSA) is 67.2 Å². The lowest BCUT2D eigenvalue weighted by molar-refractivity contribution is 0.229. The number of hydrogen-bond acceptors (Lipinski definition) is 2. The van der Waals surface area contributed by atoms with Crippen LogP contribution in [0.3, 0.4) is 0 Å². The van der Waals surface area contributed by atoms with Crippen LogP contribution in [0.2, 0.25) is 0 Å². The predicted octanol–water partition coefficient (Wildman–Crippen LogP) is 1.36. The first-order valence-corrected chi connectivity index (χ1v) is 6.04. The fourth-order valence-corrected chi connectivity index (χ4v) is 1.94. The molecule has 0 bridgehead atoms. The maximum absolute atomic E-state index is 11.5. The summed E-state index contributed by atoms with van der Waals surface area (Å²) in [4.78, 5) is 11.5. The Balaban J connectivity index is 2.18. The molecular weight excluding hydrogens is 190 g/mol. The maximum atomic E-state index is 11.5. The standard InChI is InChI=1S/C11H23N3O/c1-2-3-8-13-11(15)14-10-7-5-4-6-9(10)12/h9-10H,2-8,12H2,1H3,(H2,13,14,15)/t9-,10-/m1/s1. The molecule has 1 rings (SSSR count). The summed E-state index contributed by atoms with van der Waals surface area (Å²) in [5.74, 6) is 0. The Labute approximate surface area is 92.0 Å². The van der Waals surface area contributed by atoms with Crippen molar-refractivity contribution in [2.45, 2.75) is 57.5 Å². The molecule has 1 saturated carbocycles. The van der Waals surface area contributed by atoms with Crippen LogP contribution in [0, 0.1) is 0 Å². The van der Waals surface area contributed by atoms with Gasteiger partial charge in [0, 0.05) is 18.6 Å². The average Bonchev–Trinajstić information content (AvgIpc) is 2.22. The second-order valence-electron chi connectivity index (χ2n) is 4.31. The third kappa shape index (κ3) is 4.51. The van der Waals surface area contributed by atoms with Crippen LogP contribution in [0.4, 0.5) is 4.79 Å². The van der Waals surface area contributed by atoms with Crippen LogP contribution < -0.4 is 16.4 Å². The molecule has 1 aliphatic rings. The zero-order valence-electron chi connectivity index (χ0n) is 9.59. The molecule has 4 heteroatoms. The number of rotatable bonds is 4. The zero-order chi connectivity index (χ0) is 11.1. The number of carbonyl (C=O) groups is 1. The number of nitrogens with one attached hydrogen (secondary N) is 2. The molecule has 2 atom stereocenters. The van der Waals surface area contributed by atoms with Crippen molar-refractivity contribution in [3.63, 3.8) is 0 Å². The first kappa shape index (κ1) is 12.3. The van der Waals surface area contributed by atoms with E-state index in [2.05, 4.69) is 17.6 Å². The van der Waals surface area contributed by atoms with Crippen LogP contribution in [0.1, 0.15) is 45.4 Å². The molecule has 88 valence electrons. The van der Waals surface area contributed by atoms with E-state index in [1.807, 2.05) is 0 Å². The molecule has 0 heterocycles. The van der Waals surface area contributed by atoms with Gasteiger partial charge in [0.15, 0.2) is 0 Å². The quantitative estimate of drug-likeness (QED) is 0.617. The van der Waals surface area contributed by atoms with Gasteiger partial charge in [0.2, 0.25) is 0 Å². The van der Waals surface area contributed by atoms with E-state index in [0.29, 0.717) is 0 Å². The maximum Gasteiger partial charge on any atom is 0.315 e. The summed E-state index contributed by atoms with van der Waals surface area (Å²) in [5, 5.41) is 5.80. The van der Waals surface area contributed by atoms with Gasteiger partial charge >= 0.3 is 6.03 Å². The van der Waals surface area contributed by atoms with Gasteiger partial charge in [0.25, 0.3) is 0 Å². The molecule has 0 saturated heterocycles. The molecule has 0 aromatic rings. The Kier molecular flexibility index (Phi) is 5.47. The Morgan fingerprint density at radius 1 is 1.40 bits per heavy atom. The highest BCUT2D eigenvalue weighted by Crippen LogP contribution is 2.16. The molecule has 4 nitrogen and oxygen atoms in total. The summed E-state index contributed by atoms with van der Waals surface area (Å²) in [6, 6.07) is 0.238. The van der Waals surface area contributed by atoms with Crippen LogP contribution in [-0.2, 0) is 0 Å². The minimum absolute atomic E-state index is 0.0641. The van der Waals surface area contributed by atoms with Crippen molar-refractivity contribution in [1.82, 2.24) is 10.6 Å². The van der Waals surface area contributed by atoms with Crippen molar-refractivity contribution < 1.29 is 4.79 Å². The van der Waals surface area contributed by atoms with Crippen molar-refractivity contribution in [2.24, 2.45) is 5.73 Å². The number of carbonyl (C=O) groups excluding carboxylic acids is 1. The molecule has 0 aromatic heterocycles. The molecule has 15 heavy (non-hydrogen) atoms. The summed E-state index contributed by atoms with van der Waals surface area (Å²) in [6.45, 7) is 2.86. The van der Waals surface area contributed by atoms with Crippen molar-refractivity contribution in [2.75, 3.05) is 6.54 Å². The summed E-state index contributed by atoms with van der Waals surface area (Å²) in [7, 11) is 0. The Hall–Kier alpha value is -0.770. The normalized spacial score (nSPS) is 26.0. The highest BCUT2D eigenvalue weighted by atomic mass is 16.2. The number of unbranched alkanes of at least 4 members (excludes halogenated alkanes) is 1. The van der Waals surface area contributed by atoms with Crippen molar-refractivity contribution >= 4 is 6.03 Å². The summed E-state index contributed by atoms with van der Waals surface area (Å²) in [5.41, 5.74) is 5.94. The van der Waals surface area contributed by atoms with E-state index >= 15 is 0 Å². The van der Waals surface area contributed by atoms with Crippen molar-refractivity contribution in [1.29, 1.82) is 0 Å². The molecule has 0 unspecified atom stereocenters. The minimum atomic E-state index is -0.0641. The van der Waals surface area contributed by atoms with E-state index in [1.54, 1.807) is 0 Å². The average molecular weight is 213 g/mol. The van der Waals surface area contributed by atoms with E-state index < -0.39 is 0 Å². The van der Waals surface area contributed by atoms with Gasteiger partial charge in [-0.2, -0.15) is 0 Å². The first-order valence-electron chi connectivity index (χ1n) is 6.04. The van der Waals surface area contributed by atoms with E-state index in [-0.39, 0.29) is 18.1 Å². The lowest BCUT2D eigenvalue weighted by atomic mass is 9.91. The van der Waals surface area contributed by atoms with Gasteiger partial charge in [0.05, 0.1) is 0 Å². The number of urea groups is 1. The highest BCUT2D eigenvalue weighted by Gasteiger charge is 2.22. The fourth-order valence-electron chi connectivity index (χ4n) is 1.94. The van der Waals surface area contributed by atoms with Gasteiger partial charge in [-0.15, -0.1) is 0 Å². The highest BCUT2D eigenvalue weighted by molar-refractivity contribution is 5.74. The lowest BCUT2D eigenvalue weighted by Gasteiger charge is -2.29. The van der Waals surface area contributed by atoms with Crippen molar-refractivity contribution in [3.8, 4) is 0 Å².